The topological polar surface area (TPSA) is 97.0 Å². The van der Waals surface area contributed by atoms with Crippen LogP contribution in [-0.4, -0.2) is 49.9 Å². The minimum Gasteiger partial charge on any atom is -0.441 e. The third-order valence-corrected chi connectivity index (χ3v) is 6.34. The Hall–Kier alpha value is -3.50. The zero-order valence-corrected chi connectivity index (χ0v) is 18.6. The van der Waals surface area contributed by atoms with Crippen molar-refractivity contribution in [3.8, 4) is 11.5 Å². The summed E-state index contributed by atoms with van der Waals surface area (Å²) in [6.07, 6.45) is 0.448. The number of pyridine rings is 1. The largest absolute Gasteiger partial charge is 0.441 e. The SMILES string of the molecule is Cc1ccc(-c2ncc(C)o2)c(C(=O)N2C[C@@H]3CC3C[C@H]2CNc2ncc(C(F)(F)F)cn2)n1. The predicted octanol–water partition coefficient (Wildman–Crippen LogP) is 4.12. The Labute approximate surface area is 193 Å². The van der Waals surface area contributed by atoms with Crippen molar-refractivity contribution in [1.82, 2.24) is 24.8 Å². The Bertz CT molecular complexity index is 1210. The molecule has 0 spiro atoms. The number of amides is 1. The maximum Gasteiger partial charge on any atom is 0.419 e. The molecule has 5 rings (SSSR count). The molecule has 1 unspecified atom stereocenters. The van der Waals surface area contributed by atoms with Gasteiger partial charge >= 0.3 is 6.18 Å². The van der Waals surface area contributed by atoms with Crippen molar-refractivity contribution in [2.24, 2.45) is 11.8 Å². The lowest BCUT2D eigenvalue weighted by Crippen LogP contribution is -2.48. The van der Waals surface area contributed by atoms with E-state index in [4.69, 9.17) is 4.42 Å². The molecule has 1 aliphatic carbocycles. The fourth-order valence-electron chi connectivity index (χ4n) is 4.43. The molecule has 1 amide bonds. The molecule has 0 radical (unpaired) electrons. The smallest absolute Gasteiger partial charge is 0.419 e. The minimum atomic E-state index is -4.49. The summed E-state index contributed by atoms with van der Waals surface area (Å²) < 4.78 is 44.0. The first kappa shape index (κ1) is 22.3. The normalized spacial score (nSPS) is 21.8. The van der Waals surface area contributed by atoms with Gasteiger partial charge < -0.3 is 14.6 Å². The number of carbonyl (C=O) groups is 1. The van der Waals surface area contributed by atoms with Gasteiger partial charge in [0.25, 0.3) is 5.91 Å². The van der Waals surface area contributed by atoms with Gasteiger partial charge in [-0.2, -0.15) is 13.2 Å². The van der Waals surface area contributed by atoms with Crippen LogP contribution >= 0.6 is 0 Å². The molecule has 0 bridgehead atoms. The van der Waals surface area contributed by atoms with Gasteiger partial charge in [-0.15, -0.1) is 0 Å². The van der Waals surface area contributed by atoms with Crippen molar-refractivity contribution >= 4 is 11.9 Å². The summed E-state index contributed by atoms with van der Waals surface area (Å²) in [5.41, 5.74) is 0.591. The molecule has 1 saturated heterocycles. The summed E-state index contributed by atoms with van der Waals surface area (Å²) in [5.74, 6) is 1.83. The van der Waals surface area contributed by atoms with Crippen molar-refractivity contribution in [3.05, 3.63) is 53.4 Å². The Balaban J connectivity index is 1.37. The first-order valence-corrected chi connectivity index (χ1v) is 11.0. The number of fused-ring (bicyclic) bond motifs is 1. The second-order valence-electron chi connectivity index (χ2n) is 8.90. The number of halogens is 3. The molecule has 1 aliphatic heterocycles. The first-order valence-electron chi connectivity index (χ1n) is 11.0. The van der Waals surface area contributed by atoms with Crippen LogP contribution in [0.25, 0.3) is 11.5 Å². The van der Waals surface area contributed by atoms with Gasteiger partial charge in [0.2, 0.25) is 11.8 Å². The Morgan fingerprint density at radius 1 is 1.12 bits per heavy atom. The van der Waals surface area contributed by atoms with Gasteiger partial charge in [-0.1, -0.05) is 0 Å². The highest BCUT2D eigenvalue weighted by Crippen LogP contribution is 2.47. The second-order valence-corrected chi connectivity index (χ2v) is 8.90. The quantitative estimate of drug-likeness (QED) is 0.597. The highest BCUT2D eigenvalue weighted by molar-refractivity contribution is 5.98. The molecule has 2 fully saturated rings. The molecule has 2 aliphatic rings. The fourth-order valence-corrected chi connectivity index (χ4v) is 4.43. The van der Waals surface area contributed by atoms with E-state index in [9.17, 15) is 18.0 Å². The van der Waals surface area contributed by atoms with Gasteiger partial charge in [0, 0.05) is 37.2 Å². The Morgan fingerprint density at radius 3 is 2.56 bits per heavy atom. The van der Waals surface area contributed by atoms with Gasteiger partial charge in [0.15, 0.2) is 0 Å². The van der Waals surface area contributed by atoms with Gasteiger partial charge in [-0.3, -0.25) is 4.79 Å². The summed E-state index contributed by atoms with van der Waals surface area (Å²) in [6, 6.07) is 3.41. The maximum absolute atomic E-state index is 13.7. The molecule has 34 heavy (non-hydrogen) atoms. The molecular weight excluding hydrogens is 449 g/mol. The van der Waals surface area contributed by atoms with Crippen molar-refractivity contribution in [2.45, 2.75) is 38.9 Å². The molecule has 1 saturated carbocycles. The third kappa shape index (κ3) is 4.46. The number of nitrogens with one attached hydrogen (secondary N) is 1. The Morgan fingerprint density at radius 2 is 1.88 bits per heavy atom. The molecule has 178 valence electrons. The first-order chi connectivity index (χ1) is 16.2. The summed E-state index contributed by atoms with van der Waals surface area (Å²) in [5, 5.41) is 2.99. The number of anilines is 1. The van der Waals surface area contributed by atoms with E-state index in [-0.39, 0.29) is 23.6 Å². The number of nitrogens with zero attached hydrogens (tertiary/aromatic N) is 5. The van der Waals surface area contributed by atoms with Crippen LogP contribution in [0, 0.1) is 25.7 Å². The number of rotatable bonds is 5. The number of piperidine rings is 1. The van der Waals surface area contributed by atoms with Crippen LogP contribution in [0.5, 0.6) is 0 Å². The van der Waals surface area contributed by atoms with E-state index in [1.54, 1.807) is 30.2 Å². The summed E-state index contributed by atoms with van der Waals surface area (Å²) >= 11 is 0. The molecule has 4 heterocycles. The number of carbonyl (C=O) groups excluding carboxylic acids is 1. The molecule has 3 aromatic rings. The monoisotopic (exact) mass is 472 g/mol. The van der Waals surface area contributed by atoms with Gasteiger partial charge in [-0.25, -0.2) is 19.9 Å². The van der Waals surface area contributed by atoms with Crippen LogP contribution < -0.4 is 5.32 Å². The van der Waals surface area contributed by atoms with E-state index in [1.165, 1.54) is 0 Å². The lowest BCUT2D eigenvalue weighted by molar-refractivity contribution is -0.138. The molecular formula is C23H23F3N6O2. The molecule has 0 aromatic carbocycles. The van der Waals surface area contributed by atoms with E-state index in [2.05, 4.69) is 25.3 Å². The van der Waals surface area contributed by atoms with Crippen LogP contribution in [-0.2, 0) is 6.18 Å². The van der Waals surface area contributed by atoms with Crippen molar-refractivity contribution in [3.63, 3.8) is 0 Å². The van der Waals surface area contributed by atoms with Crippen LogP contribution in [0.4, 0.5) is 19.1 Å². The minimum absolute atomic E-state index is 0.0861. The standard InChI is InChI=1S/C23H23F3N6O2/c1-12-3-4-18(20-27-7-13(2)34-20)19(31-12)21(33)32-11-15-5-14(15)6-17(32)10-30-22-28-8-16(9-29-22)23(24,25)26/h3-4,7-9,14-15,17H,5-6,10-11H2,1-2H3,(H,28,29,30)/t14?,15-,17-/m0/s1. The molecule has 8 nitrogen and oxygen atoms in total. The van der Waals surface area contributed by atoms with Crippen LogP contribution in [0.3, 0.4) is 0 Å². The van der Waals surface area contributed by atoms with E-state index >= 15 is 0 Å². The summed E-state index contributed by atoms with van der Waals surface area (Å²) in [7, 11) is 0. The summed E-state index contributed by atoms with van der Waals surface area (Å²) in [4.78, 5) is 31.8. The average molecular weight is 472 g/mol. The van der Waals surface area contributed by atoms with E-state index in [0.717, 1.165) is 25.2 Å². The van der Waals surface area contributed by atoms with Gasteiger partial charge in [0.05, 0.1) is 17.3 Å². The molecule has 3 atom stereocenters. The number of aryl methyl sites for hydroxylation is 2. The highest BCUT2D eigenvalue weighted by atomic mass is 19.4. The number of likely N-dealkylation sites (tertiary alicyclic amines) is 1. The molecule has 1 N–H and O–H groups in total. The number of hydrogen-bond acceptors (Lipinski definition) is 7. The van der Waals surface area contributed by atoms with E-state index < -0.39 is 11.7 Å². The molecule has 11 heteroatoms. The highest BCUT2D eigenvalue weighted by Gasteiger charge is 2.47. The Kier molecular flexibility index (Phi) is 5.49. The zero-order valence-electron chi connectivity index (χ0n) is 18.6. The predicted molar refractivity (Wildman–Crippen MR) is 116 cm³/mol. The average Bonchev–Trinajstić information content (AvgIpc) is 3.44. The number of alkyl halides is 3. The number of oxazole rings is 1. The van der Waals surface area contributed by atoms with Crippen molar-refractivity contribution in [2.75, 3.05) is 18.4 Å². The van der Waals surface area contributed by atoms with Crippen molar-refractivity contribution < 1.29 is 22.4 Å². The number of hydrogen-bond donors (Lipinski definition) is 1. The zero-order chi connectivity index (χ0) is 24.0. The maximum atomic E-state index is 13.7. The number of aromatic nitrogens is 4. The lowest BCUT2D eigenvalue weighted by atomic mass is 10.0. The third-order valence-electron chi connectivity index (χ3n) is 6.34. The summed E-state index contributed by atoms with van der Waals surface area (Å²) in [6.45, 7) is 4.51. The van der Waals surface area contributed by atoms with Gasteiger partial charge in [-0.05, 0) is 50.7 Å². The van der Waals surface area contributed by atoms with Crippen molar-refractivity contribution in [1.29, 1.82) is 0 Å². The lowest BCUT2D eigenvalue weighted by Gasteiger charge is -2.35. The van der Waals surface area contributed by atoms with E-state index in [1.807, 2.05) is 6.92 Å². The van der Waals surface area contributed by atoms with Gasteiger partial charge in [0.1, 0.15) is 11.5 Å². The molecule has 3 aromatic heterocycles. The van der Waals surface area contributed by atoms with Crippen LogP contribution in [0.2, 0.25) is 0 Å². The fraction of sp³-hybridized carbons (Fsp3) is 0.435. The van der Waals surface area contributed by atoms with Crippen LogP contribution in [0.1, 0.15) is 40.3 Å². The second kappa shape index (κ2) is 8.37. The van der Waals surface area contributed by atoms with E-state index in [0.29, 0.717) is 47.8 Å². The van der Waals surface area contributed by atoms with Crippen LogP contribution in [0.15, 0.2) is 35.1 Å².